The summed E-state index contributed by atoms with van der Waals surface area (Å²) in [6.07, 6.45) is 0. The second-order valence-corrected chi connectivity index (χ2v) is 5.62. The van der Waals surface area contributed by atoms with Gasteiger partial charge in [0.1, 0.15) is 5.75 Å². The van der Waals surface area contributed by atoms with Crippen LogP contribution in [-0.2, 0) is 4.57 Å². The van der Waals surface area contributed by atoms with Gasteiger partial charge in [0.05, 0.1) is 0 Å². The van der Waals surface area contributed by atoms with Crippen molar-refractivity contribution in [1.82, 2.24) is 0 Å². The lowest BCUT2D eigenvalue weighted by molar-refractivity contribution is 0.282. The van der Waals surface area contributed by atoms with Crippen molar-refractivity contribution in [2.45, 2.75) is 20.8 Å². The maximum Gasteiger partial charge on any atom is 0.524 e. The maximum atomic E-state index is 10.6. The van der Waals surface area contributed by atoms with Crippen molar-refractivity contribution in [2.75, 3.05) is 0 Å². The molecule has 108 valence electrons. The molecule has 2 N–H and O–H groups in total. The Hall–Kier alpha value is -1.61. The first-order chi connectivity index (χ1) is 9.29. The first-order valence-electron chi connectivity index (χ1n) is 6.12. The van der Waals surface area contributed by atoms with Crippen LogP contribution in [0.4, 0.5) is 0 Å². The molecule has 0 aliphatic carbocycles. The Morgan fingerprint density at radius 3 is 1.70 bits per heavy atom. The molecule has 0 saturated carbocycles. The number of hydrogen-bond acceptors (Lipinski definition) is 2. The smallest absolute Gasteiger partial charge is 0.404 e. The Balaban J connectivity index is 0.000000240. The van der Waals surface area contributed by atoms with Gasteiger partial charge in [-0.2, -0.15) is 0 Å². The Kier molecular flexibility index (Phi) is 5.96. The predicted molar refractivity (Wildman–Crippen MR) is 79.8 cm³/mol. The molecule has 0 atom stereocenters. The predicted octanol–water partition coefficient (Wildman–Crippen LogP) is 3.77. The molecule has 5 heteroatoms. The summed E-state index contributed by atoms with van der Waals surface area (Å²) in [5, 5.41) is 0. The largest absolute Gasteiger partial charge is 0.524 e. The summed E-state index contributed by atoms with van der Waals surface area (Å²) in [7, 11) is -4.44. The van der Waals surface area contributed by atoms with Gasteiger partial charge in [-0.1, -0.05) is 54.1 Å². The third-order valence-corrected chi connectivity index (χ3v) is 2.98. The Bertz CT molecular complexity index is 570. The highest BCUT2D eigenvalue weighted by molar-refractivity contribution is 7.46. The summed E-state index contributed by atoms with van der Waals surface area (Å²) in [6.45, 7) is 5.55. The van der Waals surface area contributed by atoms with Gasteiger partial charge in [0.25, 0.3) is 0 Å². The molecule has 0 bridgehead atoms. The minimum absolute atomic E-state index is 0.260. The molecule has 2 aromatic carbocycles. The van der Waals surface area contributed by atoms with Crippen LogP contribution in [-0.4, -0.2) is 9.79 Å². The van der Waals surface area contributed by atoms with E-state index in [1.807, 2.05) is 18.2 Å². The van der Waals surface area contributed by atoms with E-state index >= 15 is 0 Å². The maximum absolute atomic E-state index is 10.6. The van der Waals surface area contributed by atoms with Crippen LogP contribution in [0.2, 0.25) is 0 Å². The molecular weight excluding hydrogens is 275 g/mol. The summed E-state index contributed by atoms with van der Waals surface area (Å²) in [4.78, 5) is 17.2. The average molecular weight is 294 g/mol. The first-order valence-corrected chi connectivity index (χ1v) is 7.65. The monoisotopic (exact) mass is 294 g/mol. The number of para-hydroxylation sites is 1. The van der Waals surface area contributed by atoms with E-state index in [0.29, 0.717) is 11.1 Å². The molecule has 2 aromatic rings. The number of phosphoric acid groups is 1. The number of rotatable bonds is 2. The van der Waals surface area contributed by atoms with Crippen molar-refractivity contribution in [3.8, 4) is 5.75 Å². The number of benzene rings is 2. The lowest BCUT2D eigenvalue weighted by Crippen LogP contribution is -1.94. The standard InChI is InChI=1S/C8H11O4P.C7H8/c1-6-4-3-5-7(2)8(6)12-13(9,10)11;1-7-5-3-2-4-6-7/h3-5H,1-2H3,(H2,9,10,11);2-6H,1H3. The number of hydrogen-bond donors (Lipinski definition) is 2. The van der Waals surface area contributed by atoms with Gasteiger partial charge in [0.15, 0.2) is 0 Å². The highest BCUT2D eigenvalue weighted by Gasteiger charge is 2.18. The molecule has 2 rings (SSSR count). The van der Waals surface area contributed by atoms with Gasteiger partial charge in [-0.25, -0.2) is 4.57 Å². The molecule has 0 aliphatic rings. The van der Waals surface area contributed by atoms with Crippen molar-refractivity contribution in [2.24, 2.45) is 0 Å². The molecule has 0 unspecified atom stereocenters. The fraction of sp³-hybridized carbons (Fsp3) is 0.200. The number of aryl methyl sites for hydroxylation is 3. The Labute approximate surface area is 119 Å². The summed E-state index contributed by atoms with van der Waals surface area (Å²) in [5.41, 5.74) is 2.74. The van der Waals surface area contributed by atoms with Gasteiger partial charge in [0, 0.05) is 0 Å². The molecule has 0 saturated heterocycles. The van der Waals surface area contributed by atoms with Crippen molar-refractivity contribution in [1.29, 1.82) is 0 Å². The van der Waals surface area contributed by atoms with Crippen molar-refractivity contribution in [3.05, 3.63) is 65.2 Å². The van der Waals surface area contributed by atoms with Gasteiger partial charge in [-0.3, -0.25) is 9.79 Å². The SMILES string of the molecule is Cc1cccc(C)c1OP(=O)(O)O.Cc1ccccc1. The topological polar surface area (TPSA) is 66.8 Å². The second-order valence-electron chi connectivity index (χ2n) is 4.46. The third kappa shape index (κ3) is 6.02. The minimum Gasteiger partial charge on any atom is -0.404 e. The fourth-order valence-electron chi connectivity index (χ4n) is 1.60. The average Bonchev–Trinajstić information content (AvgIpc) is 2.35. The van der Waals surface area contributed by atoms with Gasteiger partial charge in [0.2, 0.25) is 0 Å². The normalized spacial score (nSPS) is 10.4. The molecule has 0 fully saturated rings. The lowest BCUT2D eigenvalue weighted by Gasteiger charge is -2.11. The third-order valence-electron chi connectivity index (χ3n) is 2.56. The Morgan fingerprint density at radius 1 is 0.850 bits per heavy atom. The van der Waals surface area contributed by atoms with E-state index in [9.17, 15) is 4.57 Å². The molecule has 4 nitrogen and oxygen atoms in total. The van der Waals surface area contributed by atoms with Crippen LogP contribution in [0.15, 0.2) is 48.5 Å². The summed E-state index contributed by atoms with van der Waals surface area (Å²) < 4.78 is 15.1. The second kappa shape index (κ2) is 7.25. The van der Waals surface area contributed by atoms with Crippen LogP contribution in [0.5, 0.6) is 5.75 Å². The van der Waals surface area contributed by atoms with E-state index in [4.69, 9.17) is 9.79 Å². The van der Waals surface area contributed by atoms with Crippen molar-refractivity contribution < 1.29 is 18.9 Å². The molecule has 20 heavy (non-hydrogen) atoms. The zero-order valence-electron chi connectivity index (χ0n) is 11.8. The zero-order chi connectivity index (χ0) is 15.2. The molecule has 0 heterocycles. The highest BCUT2D eigenvalue weighted by Crippen LogP contribution is 2.40. The van der Waals surface area contributed by atoms with E-state index in [2.05, 4.69) is 23.6 Å². The van der Waals surface area contributed by atoms with Crippen molar-refractivity contribution in [3.63, 3.8) is 0 Å². The highest BCUT2D eigenvalue weighted by atomic mass is 31.2. The van der Waals surface area contributed by atoms with Gasteiger partial charge >= 0.3 is 7.82 Å². The molecule has 0 aromatic heterocycles. The molecule has 0 radical (unpaired) electrons. The quantitative estimate of drug-likeness (QED) is 0.827. The fourth-order valence-corrected chi connectivity index (χ4v) is 2.12. The van der Waals surface area contributed by atoms with Crippen LogP contribution in [0.25, 0.3) is 0 Å². The van der Waals surface area contributed by atoms with Crippen LogP contribution in [0.1, 0.15) is 16.7 Å². The van der Waals surface area contributed by atoms with Crippen LogP contribution in [0, 0.1) is 20.8 Å². The van der Waals surface area contributed by atoms with Gasteiger partial charge in [-0.15, -0.1) is 0 Å². The van der Waals surface area contributed by atoms with Crippen LogP contribution < -0.4 is 4.52 Å². The van der Waals surface area contributed by atoms with E-state index in [1.54, 1.807) is 32.0 Å². The number of phosphoric ester groups is 1. The van der Waals surface area contributed by atoms with Gasteiger partial charge < -0.3 is 4.52 Å². The molecular formula is C15H19O4P. The summed E-state index contributed by atoms with van der Waals surface area (Å²) in [5.74, 6) is 0.260. The summed E-state index contributed by atoms with van der Waals surface area (Å²) in [6, 6.07) is 15.5. The molecule has 0 spiro atoms. The molecule has 0 aliphatic heterocycles. The van der Waals surface area contributed by atoms with E-state index in [1.165, 1.54) is 5.56 Å². The summed E-state index contributed by atoms with van der Waals surface area (Å²) >= 11 is 0. The van der Waals surface area contributed by atoms with Crippen LogP contribution in [0.3, 0.4) is 0 Å². The van der Waals surface area contributed by atoms with E-state index in [-0.39, 0.29) is 5.75 Å². The lowest BCUT2D eigenvalue weighted by atomic mass is 10.1. The Morgan fingerprint density at radius 2 is 1.35 bits per heavy atom. The van der Waals surface area contributed by atoms with Crippen molar-refractivity contribution >= 4 is 7.82 Å². The zero-order valence-corrected chi connectivity index (χ0v) is 12.7. The first kappa shape index (κ1) is 16.4. The van der Waals surface area contributed by atoms with Gasteiger partial charge in [-0.05, 0) is 31.9 Å². The molecule has 0 amide bonds. The van der Waals surface area contributed by atoms with E-state index < -0.39 is 7.82 Å². The van der Waals surface area contributed by atoms with E-state index in [0.717, 1.165) is 0 Å². The minimum atomic E-state index is -4.44. The van der Waals surface area contributed by atoms with Crippen LogP contribution >= 0.6 is 7.82 Å².